The van der Waals surface area contributed by atoms with Crippen molar-refractivity contribution in [3.63, 3.8) is 0 Å². The van der Waals surface area contributed by atoms with E-state index in [0.717, 1.165) is 23.0 Å². The van der Waals surface area contributed by atoms with E-state index in [9.17, 15) is 4.79 Å². The summed E-state index contributed by atoms with van der Waals surface area (Å²) in [5, 5.41) is 6.00. The van der Waals surface area contributed by atoms with Crippen LogP contribution in [0, 0.1) is 11.8 Å². The van der Waals surface area contributed by atoms with E-state index >= 15 is 0 Å². The minimum Gasteiger partial charge on any atom is -0.383 e. The molecule has 1 amide bonds. The van der Waals surface area contributed by atoms with E-state index < -0.39 is 0 Å². The standard InChI is InChI=1S/C23H20ClN7O/c1-3-21(32)30-9-7-15(12-30)31-19-6-8-26-23(25)22(19)17(28-31)5-4-14-10-18-20(11-16(14)24)29(2)13-27-18/h3,6,8,10-11,13,15H,1,7,9,12H2,2H3,(H2,25,26). The zero-order chi connectivity index (χ0) is 22.4. The number of carbonyl (C=O) groups is 1. The average molecular weight is 446 g/mol. The fourth-order valence-corrected chi connectivity index (χ4v) is 4.32. The number of carbonyl (C=O) groups excluding carboxylic acids is 1. The molecule has 0 radical (unpaired) electrons. The molecule has 0 aliphatic carbocycles. The Morgan fingerprint density at radius 3 is 2.97 bits per heavy atom. The molecule has 5 rings (SSSR count). The number of rotatable bonds is 2. The summed E-state index contributed by atoms with van der Waals surface area (Å²) in [5.74, 6) is 6.53. The van der Waals surface area contributed by atoms with Crippen LogP contribution in [0.15, 0.2) is 43.4 Å². The highest BCUT2D eigenvalue weighted by Gasteiger charge is 2.29. The van der Waals surface area contributed by atoms with Crippen molar-refractivity contribution in [2.45, 2.75) is 12.5 Å². The van der Waals surface area contributed by atoms with Crippen molar-refractivity contribution in [3.05, 3.63) is 59.7 Å². The maximum absolute atomic E-state index is 12.0. The number of nitrogens with zero attached hydrogens (tertiary/aromatic N) is 6. The van der Waals surface area contributed by atoms with Crippen LogP contribution in [0.5, 0.6) is 0 Å². The Morgan fingerprint density at radius 1 is 1.31 bits per heavy atom. The summed E-state index contributed by atoms with van der Waals surface area (Å²) in [6.07, 6.45) is 5.51. The number of halogens is 1. The molecular weight excluding hydrogens is 426 g/mol. The molecule has 4 aromatic rings. The van der Waals surface area contributed by atoms with E-state index in [1.807, 2.05) is 34.5 Å². The van der Waals surface area contributed by atoms with Crippen molar-refractivity contribution >= 4 is 45.3 Å². The number of anilines is 1. The van der Waals surface area contributed by atoms with Crippen LogP contribution in [0.25, 0.3) is 21.9 Å². The lowest BCUT2D eigenvalue weighted by Gasteiger charge is -2.15. The second-order valence-electron chi connectivity index (χ2n) is 7.74. The average Bonchev–Trinajstić information content (AvgIpc) is 3.50. The molecule has 1 aliphatic heterocycles. The number of benzene rings is 1. The molecule has 1 saturated heterocycles. The number of aryl methyl sites for hydroxylation is 1. The minimum absolute atomic E-state index is 0.0206. The number of hydrogen-bond donors (Lipinski definition) is 1. The quantitative estimate of drug-likeness (QED) is 0.378. The van der Waals surface area contributed by atoms with Crippen LogP contribution >= 0.6 is 11.6 Å². The highest BCUT2D eigenvalue weighted by atomic mass is 35.5. The molecule has 32 heavy (non-hydrogen) atoms. The Morgan fingerprint density at radius 2 is 2.16 bits per heavy atom. The molecule has 0 spiro atoms. The lowest BCUT2D eigenvalue weighted by atomic mass is 10.1. The Balaban J connectivity index is 1.57. The Labute approximate surface area is 189 Å². The first-order valence-electron chi connectivity index (χ1n) is 10.1. The molecule has 1 unspecified atom stereocenters. The summed E-state index contributed by atoms with van der Waals surface area (Å²) in [4.78, 5) is 22.4. The van der Waals surface area contributed by atoms with Gasteiger partial charge >= 0.3 is 0 Å². The lowest BCUT2D eigenvalue weighted by molar-refractivity contribution is -0.125. The molecule has 3 aromatic heterocycles. The Hall–Kier alpha value is -3.83. The van der Waals surface area contributed by atoms with Gasteiger partial charge in [-0.05, 0) is 36.6 Å². The van der Waals surface area contributed by atoms with Crippen LogP contribution in [0.1, 0.15) is 23.7 Å². The molecular formula is C23H20ClN7O. The molecule has 1 atom stereocenters. The van der Waals surface area contributed by atoms with E-state index in [0.29, 0.717) is 40.6 Å². The van der Waals surface area contributed by atoms with Gasteiger partial charge in [0.1, 0.15) is 11.5 Å². The summed E-state index contributed by atoms with van der Waals surface area (Å²) in [7, 11) is 1.92. The van der Waals surface area contributed by atoms with Crippen molar-refractivity contribution in [2.75, 3.05) is 18.8 Å². The number of likely N-dealkylation sites (tertiary alicyclic amines) is 1. The van der Waals surface area contributed by atoms with Crippen molar-refractivity contribution in [3.8, 4) is 11.8 Å². The number of imidazole rings is 1. The second-order valence-corrected chi connectivity index (χ2v) is 8.15. The van der Waals surface area contributed by atoms with Crippen LogP contribution in [0.4, 0.5) is 5.82 Å². The Bertz CT molecular complexity index is 1460. The molecule has 0 bridgehead atoms. The first kappa shape index (κ1) is 20.1. The molecule has 4 heterocycles. The van der Waals surface area contributed by atoms with Crippen molar-refractivity contribution in [2.24, 2.45) is 7.05 Å². The molecule has 1 aromatic carbocycles. The zero-order valence-corrected chi connectivity index (χ0v) is 18.2. The predicted molar refractivity (Wildman–Crippen MR) is 124 cm³/mol. The number of nitrogen functional groups attached to an aromatic ring is 1. The summed E-state index contributed by atoms with van der Waals surface area (Å²) in [6.45, 7) is 4.78. The third-order valence-electron chi connectivity index (χ3n) is 5.78. The largest absolute Gasteiger partial charge is 0.383 e. The van der Waals surface area contributed by atoms with Gasteiger partial charge in [0.25, 0.3) is 0 Å². The van der Waals surface area contributed by atoms with E-state index in [-0.39, 0.29) is 11.9 Å². The van der Waals surface area contributed by atoms with Gasteiger partial charge in [-0.25, -0.2) is 9.97 Å². The summed E-state index contributed by atoms with van der Waals surface area (Å²) in [5.41, 5.74) is 9.96. The third kappa shape index (κ3) is 3.27. The highest BCUT2D eigenvalue weighted by molar-refractivity contribution is 6.32. The number of nitrogens with two attached hydrogens (primary N) is 1. The fourth-order valence-electron chi connectivity index (χ4n) is 4.12. The van der Waals surface area contributed by atoms with Crippen LogP contribution < -0.4 is 5.73 Å². The topological polar surface area (TPSA) is 94.9 Å². The summed E-state index contributed by atoms with van der Waals surface area (Å²) < 4.78 is 3.80. The minimum atomic E-state index is -0.0790. The van der Waals surface area contributed by atoms with E-state index in [1.165, 1.54) is 6.08 Å². The maximum Gasteiger partial charge on any atom is 0.246 e. The third-order valence-corrected chi connectivity index (χ3v) is 6.09. The van der Waals surface area contributed by atoms with Crippen LogP contribution in [-0.2, 0) is 11.8 Å². The number of hydrogen-bond acceptors (Lipinski definition) is 5. The molecule has 160 valence electrons. The number of aromatic nitrogens is 5. The van der Waals surface area contributed by atoms with Crippen molar-refractivity contribution in [1.82, 2.24) is 29.2 Å². The van der Waals surface area contributed by atoms with Crippen LogP contribution in [0.2, 0.25) is 5.02 Å². The first-order chi connectivity index (χ1) is 15.5. The van der Waals surface area contributed by atoms with Gasteiger partial charge in [0.2, 0.25) is 5.91 Å². The predicted octanol–water partition coefficient (Wildman–Crippen LogP) is 2.91. The van der Waals surface area contributed by atoms with Crippen LogP contribution in [0.3, 0.4) is 0 Å². The molecule has 1 aliphatic rings. The monoisotopic (exact) mass is 445 g/mol. The molecule has 9 heteroatoms. The smallest absolute Gasteiger partial charge is 0.246 e. The fraction of sp³-hybridized carbons (Fsp3) is 0.217. The van der Waals surface area contributed by atoms with Gasteiger partial charge in [0.05, 0.1) is 39.3 Å². The summed E-state index contributed by atoms with van der Waals surface area (Å²) >= 11 is 6.46. The van der Waals surface area contributed by atoms with E-state index in [4.69, 9.17) is 22.4 Å². The van der Waals surface area contributed by atoms with Gasteiger partial charge in [0.15, 0.2) is 0 Å². The number of amides is 1. The molecule has 2 N–H and O–H groups in total. The molecule has 0 saturated carbocycles. The second kappa shape index (κ2) is 7.70. The zero-order valence-electron chi connectivity index (χ0n) is 17.4. The summed E-state index contributed by atoms with van der Waals surface area (Å²) in [6, 6.07) is 5.60. The number of fused-ring (bicyclic) bond motifs is 2. The lowest BCUT2D eigenvalue weighted by Crippen LogP contribution is -2.27. The maximum atomic E-state index is 12.0. The van der Waals surface area contributed by atoms with Crippen molar-refractivity contribution in [1.29, 1.82) is 0 Å². The van der Waals surface area contributed by atoms with Gasteiger partial charge in [-0.15, -0.1) is 0 Å². The van der Waals surface area contributed by atoms with Crippen molar-refractivity contribution < 1.29 is 4.79 Å². The van der Waals surface area contributed by atoms with Gasteiger partial charge < -0.3 is 15.2 Å². The normalized spacial score (nSPS) is 15.8. The van der Waals surface area contributed by atoms with Gasteiger partial charge in [-0.1, -0.05) is 24.1 Å². The van der Waals surface area contributed by atoms with E-state index in [1.54, 1.807) is 17.4 Å². The molecule has 1 fully saturated rings. The molecule has 8 nitrogen and oxygen atoms in total. The van der Waals surface area contributed by atoms with Gasteiger partial charge in [-0.3, -0.25) is 9.48 Å². The van der Waals surface area contributed by atoms with Gasteiger partial charge in [0, 0.05) is 31.9 Å². The van der Waals surface area contributed by atoms with E-state index in [2.05, 4.69) is 28.4 Å². The SMILES string of the molecule is C=CC(=O)N1CCC(n2nc(C#Cc3cc4ncn(C)c4cc3Cl)c3c(N)nccc32)C1. The Kier molecular flexibility index (Phi) is 4.83. The van der Waals surface area contributed by atoms with Gasteiger partial charge in [-0.2, -0.15) is 5.10 Å². The number of pyridine rings is 1. The highest BCUT2D eigenvalue weighted by Crippen LogP contribution is 2.30. The first-order valence-corrected chi connectivity index (χ1v) is 10.5. The van der Waals surface area contributed by atoms with Crippen LogP contribution in [-0.4, -0.2) is 48.2 Å².